The van der Waals surface area contributed by atoms with Gasteiger partial charge in [-0.15, -0.1) is 0 Å². The Morgan fingerprint density at radius 1 is 1.24 bits per heavy atom. The van der Waals surface area contributed by atoms with Gasteiger partial charge in [-0.25, -0.2) is 17.5 Å². The normalized spacial score (nSPS) is 20.3. The van der Waals surface area contributed by atoms with E-state index in [2.05, 4.69) is 17.0 Å². The van der Waals surface area contributed by atoms with E-state index >= 15 is 4.39 Å². The summed E-state index contributed by atoms with van der Waals surface area (Å²) in [5, 5.41) is 2.21. The van der Waals surface area contributed by atoms with E-state index < -0.39 is 38.4 Å². The van der Waals surface area contributed by atoms with Gasteiger partial charge in [-0.05, 0) is 75.3 Å². The number of hydrogen-bond donors (Lipinski definition) is 2. The number of amides is 2. The zero-order chi connectivity index (χ0) is 27.0. The summed E-state index contributed by atoms with van der Waals surface area (Å²) in [6.07, 6.45) is 8.69. The number of aromatic nitrogens is 1. The van der Waals surface area contributed by atoms with E-state index in [-0.39, 0.29) is 18.0 Å². The Hall–Kier alpha value is -2.94. The predicted molar refractivity (Wildman–Crippen MR) is 142 cm³/mol. The van der Waals surface area contributed by atoms with Crippen molar-refractivity contribution in [1.82, 2.24) is 14.6 Å². The standard InChI is InChI=1S/C28H36FN3O4S/c1-5-6-7-8-19-9-12-23(24(29)15-19)28(4)16-22(20-13-14-32(17-20)18(2)3)25(26(33)30-28)27(34)31-37(35,36)21-10-11-21/h9,12-15,17-18,21H,5-8,10-11,16H2,1-4H3,(H,30,33)(H,31,34)/t28-/m0/s1. The summed E-state index contributed by atoms with van der Waals surface area (Å²) in [7, 11) is -3.85. The quantitative estimate of drug-likeness (QED) is 0.343. The number of carbonyl (C=O) groups excluding carboxylic acids is 2. The summed E-state index contributed by atoms with van der Waals surface area (Å²) in [5.74, 6) is -2.10. The van der Waals surface area contributed by atoms with Gasteiger partial charge in [0.15, 0.2) is 0 Å². The Bertz CT molecular complexity index is 1340. The van der Waals surface area contributed by atoms with Crippen molar-refractivity contribution in [2.45, 2.75) is 89.5 Å². The van der Waals surface area contributed by atoms with E-state index in [0.717, 1.165) is 31.2 Å². The Balaban J connectivity index is 1.73. The topological polar surface area (TPSA) is 97.3 Å². The Kier molecular flexibility index (Phi) is 7.65. The molecule has 1 aliphatic heterocycles. The van der Waals surface area contributed by atoms with E-state index in [9.17, 15) is 18.0 Å². The number of rotatable bonds is 10. The van der Waals surface area contributed by atoms with Crippen molar-refractivity contribution in [2.24, 2.45) is 0 Å². The highest BCUT2D eigenvalue weighted by atomic mass is 32.2. The van der Waals surface area contributed by atoms with E-state index in [1.165, 1.54) is 6.07 Å². The second-order valence-electron chi connectivity index (χ2n) is 10.7. The summed E-state index contributed by atoms with van der Waals surface area (Å²) in [6.45, 7) is 7.86. The average Bonchev–Trinajstić information content (AvgIpc) is 3.56. The van der Waals surface area contributed by atoms with Crippen LogP contribution in [0.2, 0.25) is 0 Å². The summed E-state index contributed by atoms with van der Waals surface area (Å²) in [6, 6.07) is 7.05. The smallest absolute Gasteiger partial charge is 0.270 e. The fourth-order valence-corrected chi connectivity index (χ4v) is 6.16. The van der Waals surface area contributed by atoms with Crippen LogP contribution in [0.1, 0.15) is 89.0 Å². The lowest BCUT2D eigenvalue weighted by molar-refractivity contribution is -0.124. The second-order valence-corrected chi connectivity index (χ2v) is 12.7. The molecule has 200 valence electrons. The fourth-order valence-electron chi connectivity index (χ4n) is 4.88. The average molecular weight is 530 g/mol. The third-order valence-corrected chi connectivity index (χ3v) is 9.05. The molecule has 0 unspecified atom stereocenters. The first kappa shape index (κ1) is 27.1. The molecule has 37 heavy (non-hydrogen) atoms. The molecular weight excluding hydrogens is 493 g/mol. The minimum atomic E-state index is -3.85. The van der Waals surface area contributed by atoms with Crippen LogP contribution in [0.4, 0.5) is 4.39 Å². The lowest BCUT2D eigenvalue weighted by Crippen LogP contribution is -2.51. The van der Waals surface area contributed by atoms with Crippen molar-refractivity contribution in [3.63, 3.8) is 0 Å². The van der Waals surface area contributed by atoms with Crippen LogP contribution in [0.25, 0.3) is 5.57 Å². The molecule has 1 fully saturated rings. The first-order chi connectivity index (χ1) is 17.4. The number of unbranched alkanes of at least 4 members (excludes halogenated alkanes) is 2. The fraction of sp³-hybridized carbons (Fsp3) is 0.500. The van der Waals surface area contributed by atoms with Crippen LogP contribution >= 0.6 is 0 Å². The van der Waals surface area contributed by atoms with Crippen molar-refractivity contribution in [2.75, 3.05) is 0 Å². The van der Waals surface area contributed by atoms with Crippen molar-refractivity contribution in [3.8, 4) is 0 Å². The molecule has 0 bridgehead atoms. The summed E-state index contributed by atoms with van der Waals surface area (Å²) in [4.78, 5) is 26.6. The van der Waals surface area contributed by atoms with Gasteiger partial charge in [0.2, 0.25) is 10.0 Å². The van der Waals surface area contributed by atoms with E-state index in [4.69, 9.17) is 0 Å². The van der Waals surface area contributed by atoms with Crippen molar-refractivity contribution in [1.29, 1.82) is 0 Å². The molecule has 2 aromatic rings. The van der Waals surface area contributed by atoms with Gasteiger partial charge in [-0.2, -0.15) is 0 Å². The maximum absolute atomic E-state index is 15.4. The lowest BCUT2D eigenvalue weighted by atomic mass is 9.78. The monoisotopic (exact) mass is 529 g/mol. The maximum Gasteiger partial charge on any atom is 0.270 e. The lowest BCUT2D eigenvalue weighted by Gasteiger charge is -2.37. The number of benzene rings is 1. The van der Waals surface area contributed by atoms with Gasteiger partial charge < -0.3 is 9.88 Å². The molecule has 1 atom stereocenters. The zero-order valence-corrected chi connectivity index (χ0v) is 22.8. The minimum absolute atomic E-state index is 0.124. The Morgan fingerprint density at radius 3 is 2.57 bits per heavy atom. The molecule has 1 aromatic carbocycles. The Labute approximate surface area is 218 Å². The molecule has 0 radical (unpaired) electrons. The maximum atomic E-state index is 15.4. The third kappa shape index (κ3) is 5.81. The molecule has 4 rings (SSSR count). The molecule has 9 heteroatoms. The van der Waals surface area contributed by atoms with Crippen LogP contribution in [0.5, 0.6) is 0 Å². The largest absolute Gasteiger partial charge is 0.351 e. The van der Waals surface area contributed by atoms with Gasteiger partial charge in [0.1, 0.15) is 11.4 Å². The molecular formula is C28H36FN3O4S. The molecule has 1 aromatic heterocycles. The number of sulfonamides is 1. The molecule has 7 nitrogen and oxygen atoms in total. The highest BCUT2D eigenvalue weighted by molar-refractivity contribution is 7.91. The second kappa shape index (κ2) is 10.4. The minimum Gasteiger partial charge on any atom is -0.351 e. The molecule has 2 aliphatic rings. The SMILES string of the molecule is CCCCCc1ccc([C@]2(C)CC(c3ccn(C(C)C)c3)=C(C(=O)NS(=O)(=O)C3CC3)C(=O)N2)c(F)c1. The summed E-state index contributed by atoms with van der Waals surface area (Å²) in [5.41, 5.74) is 0.861. The van der Waals surface area contributed by atoms with E-state index in [1.807, 2.05) is 36.9 Å². The van der Waals surface area contributed by atoms with E-state index in [0.29, 0.717) is 29.5 Å². The number of nitrogens with zero attached hydrogens (tertiary/aromatic N) is 1. The van der Waals surface area contributed by atoms with Crippen LogP contribution in [-0.4, -0.2) is 30.0 Å². The number of carbonyl (C=O) groups is 2. The summed E-state index contributed by atoms with van der Waals surface area (Å²) < 4.78 is 44.4. The van der Waals surface area contributed by atoms with Gasteiger partial charge in [0, 0.05) is 30.4 Å². The number of nitrogens with one attached hydrogen (secondary N) is 2. The number of aryl methyl sites for hydroxylation is 1. The van der Waals surface area contributed by atoms with Crippen molar-refractivity contribution < 1.29 is 22.4 Å². The number of halogens is 1. The van der Waals surface area contributed by atoms with Gasteiger partial charge in [0.05, 0.1) is 10.8 Å². The molecule has 1 aliphatic carbocycles. The number of hydrogen-bond acceptors (Lipinski definition) is 4. The van der Waals surface area contributed by atoms with Crippen LogP contribution in [0, 0.1) is 5.82 Å². The predicted octanol–water partition coefficient (Wildman–Crippen LogP) is 4.74. The molecule has 0 spiro atoms. The first-order valence-electron chi connectivity index (χ1n) is 13.0. The first-order valence-corrected chi connectivity index (χ1v) is 14.6. The molecule has 1 saturated carbocycles. The van der Waals surface area contributed by atoms with Crippen molar-refractivity contribution in [3.05, 3.63) is 64.7 Å². The molecule has 2 heterocycles. The zero-order valence-electron chi connectivity index (χ0n) is 21.9. The third-order valence-electron chi connectivity index (χ3n) is 7.23. The van der Waals surface area contributed by atoms with Crippen molar-refractivity contribution >= 4 is 27.4 Å². The van der Waals surface area contributed by atoms with Crippen LogP contribution in [-0.2, 0) is 31.6 Å². The Morgan fingerprint density at radius 2 is 1.97 bits per heavy atom. The highest BCUT2D eigenvalue weighted by Gasteiger charge is 2.43. The highest BCUT2D eigenvalue weighted by Crippen LogP contribution is 2.40. The van der Waals surface area contributed by atoms with Gasteiger partial charge in [0.25, 0.3) is 11.8 Å². The summed E-state index contributed by atoms with van der Waals surface area (Å²) >= 11 is 0. The van der Waals surface area contributed by atoms with Crippen LogP contribution in [0.15, 0.2) is 42.2 Å². The molecule has 0 saturated heterocycles. The molecule has 2 amide bonds. The van der Waals surface area contributed by atoms with Gasteiger partial charge in [-0.1, -0.05) is 31.9 Å². The van der Waals surface area contributed by atoms with E-state index in [1.54, 1.807) is 19.1 Å². The molecule has 2 N–H and O–H groups in total. The van der Waals surface area contributed by atoms with Gasteiger partial charge in [-0.3, -0.25) is 9.59 Å². The van der Waals surface area contributed by atoms with Gasteiger partial charge >= 0.3 is 0 Å². The van der Waals surface area contributed by atoms with Crippen LogP contribution in [0.3, 0.4) is 0 Å². The van der Waals surface area contributed by atoms with Crippen LogP contribution < -0.4 is 10.0 Å².